The smallest absolute Gasteiger partial charge is 0.234 e. The number of carbonyl (C=O) groups excluding carboxylic acids is 1. The maximum atomic E-state index is 11.5. The van der Waals surface area contributed by atoms with Crippen LogP contribution in [0.5, 0.6) is 5.75 Å². The Bertz CT molecular complexity index is 476. The van der Waals surface area contributed by atoms with Crippen LogP contribution in [0.25, 0.3) is 0 Å². The van der Waals surface area contributed by atoms with E-state index in [-0.39, 0.29) is 11.9 Å². The Labute approximate surface area is 119 Å². The van der Waals surface area contributed by atoms with Crippen LogP contribution in [0.1, 0.15) is 30.4 Å². The SMILES string of the molecule is COc1cc(CN2CCCCC2C(N)=O)ccc1CN. The molecule has 110 valence electrons. The van der Waals surface area contributed by atoms with Gasteiger partial charge in [0.2, 0.25) is 5.91 Å². The number of hydrogen-bond donors (Lipinski definition) is 2. The molecule has 2 rings (SSSR count). The van der Waals surface area contributed by atoms with E-state index < -0.39 is 0 Å². The van der Waals surface area contributed by atoms with Gasteiger partial charge in [0.25, 0.3) is 0 Å². The summed E-state index contributed by atoms with van der Waals surface area (Å²) >= 11 is 0. The van der Waals surface area contributed by atoms with Crippen LogP contribution in [0.4, 0.5) is 0 Å². The van der Waals surface area contributed by atoms with Crippen molar-refractivity contribution >= 4 is 5.91 Å². The number of carbonyl (C=O) groups is 1. The summed E-state index contributed by atoms with van der Waals surface area (Å²) in [6.07, 6.45) is 3.04. The van der Waals surface area contributed by atoms with E-state index in [1.165, 1.54) is 0 Å². The molecule has 1 aromatic carbocycles. The highest BCUT2D eigenvalue weighted by Crippen LogP contribution is 2.23. The molecule has 5 heteroatoms. The molecule has 1 aliphatic heterocycles. The van der Waals surface area contributed by atoms with E-state index in [0.717, 1.165) is 49.2 Å². The van der Waals surface area contributed by atoms with E-state index in [1.54, 1.807) is 7.11 Å². The summed E-state index contributed by atoms with van der Waals surface area (Å²) in [5.74, 6) is 0.577. The molecule has 0 bridgehead atoms. The van der Waals surface area contributed by atoms with Crippen LogP contribution in [-0.2, 0) is 17.9 Å². The molecule has 0 radical (unpaired) electrons. The molecule has 0 spiro atoms. The minimum atomic E-state index is -0.227. The number of primary amides is 1. The highest BCUT2D eigenvalue weighted by atomic mass is 16.5. The van der Waals surface area contributed by atoms with Crippen molar-refractivity contribution in [3.05, 3.63) is 29.3 Å². The molecule has 1 atom stereocenters. The van der Waals surface area contributed by atoms with Gasteiger partial charge in [-0.05, 0) is 31.0 Å². The summed E-state index contributed by atoms with van der Waals surface area (Å²) in [6, 6.07) is 5.87. The van der Waals surface area contributed by atoms with Crippen molar-refractivity contribution in [2.45, 2.75) is 38.4 Å². The van der Waals surface area contributed by atoms with Gasteiger partial charge in [0.1, 0.15) is 5.75 Å². The quantitative estimate of drug-likeness (QED) is 0.841. The molecule has 0 aliphatic carbocycles. The van der Waals surface area contributed by atoms with Crippen LogP contribution in [0.3, 0.4) is 0 Å². The average Bonchev–Trinajstić information content (AvgIpc) is 2.47. The van der Waals surface area contributed by atoms with Crippen LogP contribution >= 0.6 is 0 Å². The maximum absolute atomic E-state index is 11.5. The molecule has 20 heavy (non-hydrogen) atoms. The highest BCUT2D eigenvalue weighted by Gasteiger charge is 2.26. The predicted molar refractivity (Wildman–Crippen MR) is 78.1 cm³/mol. The Kier molecular flexibility index (Phi) is 4.98. The van der Waals surface area contributed by atoms with Crippen LogP contribution in [0.2, 0.25) is 0 Å². The topological polar surface area (TPSA) is 81.6 Å². The molecule has 5 nitrogen and oxygen atoms in total. The Morgan fingerprint density at radius 2 is 2.25 bits per heavy atom. The first kappa shape index (κ1) is 14.8. The molecule has 1 fully saturated rings. The zero-order chi connectivity index (χ0) is 14.5. The fourth-order valence-corrected chi connectivity index (χ4v) is 2.79. The molecule has 1 amide bonds. The summed E-state index contributed by atoms with van der Waals surface area (Å²) in [5, 5.41) is 0. The van der Waals surface area contributed by atoms with Crippen LogP contribution in [-0.4, -0.2) is 30.5 Å². The molecule has 0 saturated carbocycles. The summed E-state index contributed by atoms with van der Waals surface area (Å²) in [4.78, 5) is 13.7. The zero-order valence-corrected chi connectivity index (χ0v) is 12.0. The standard InChI is InChI=1S/C15H23N3O2/c1-20-14-8-11(5-6-12(14)9-16)10-18-7-3-2-4-13(18)15(17)19/h5-6,8,13H,2-4,7,9-10,16H2,1H3,(H2,17,19). The first-order valence-electron chi connectivity index (χ1n) is 7.05. The Hall–Kier alpha value is -1.59. The summed E-state index contributed by atoms with van der Waals surface area (Å²) in [6.45, 7) is 2.08. The number of methoxy groups -OCH3 is 1. The van der Waals surface area contributed by atoms with Gasteiger partial charge in [-0.15, -0.1) is 0 Å². The summed E-state index contributed by atoms with van der Waals surface area (Å²) in [7, 11) is 1.64. The molecule has 1 heterocycles. The molecule has 0 aromatic heterocycles. The van der Waals surface area contributed by atoms with E-state index in [4.69, 9.17) is 16.2 Å². The van der Waals surface area contributed by atoms with E-state index >= 15 is 0 Å². The van der Waals surface area contributed by atoms with Crippen LogP contribution in [0.15, 0.2) is 18.2 Å². The summed E-state index contributed by atoms with van der Waals surface area (Å²) < 4.78 is 5.35. The fourth-order valence-electron chi connectivity index (χ4n) is 2.79. The number of rotatable bonds is 5. The second-order valence-electron chi connectivity index (χ2n) is 5.23. The first-order chi connectivity index (χ1) is 9.65. The third-order valence-electron chi connectivity index (χ3n) is 3.90. The first-order valence-corrected chi connectivity index (χ1v) is 7.05. The third kappa shape index (κ3) is 3.29. The second kappa shape index (κ2) is 6.72. The number of nitrogens with two attached hydrogens (primary N) is 2. The lowest BCUT2D eigenvalue weighted by Gasteiger charge is -2.33. The van der Waals surface area contributed by atoms with Gasteiger partial charge in [0, 0.05) is 18.7 Å². The van der Waals surface area contributed by atoms with Gasteiger partial charge in [-0.25, -0.2) is 0 Å². The van der Waals surface area contributed by atoms with Crippen molar-refractivity contribution in [1.82, 2.24) is 4.90 Å². The van der Waals surface area contributed by atoms with Crippen molar-refractivity contribution in [3.8, 4) is 5.75 Å². The minimum absolute atomic E-state index is 0.149. The van der Waals surface area contributed by atoms with Crippen LogP contribution in [0, 0.1) is 0 Å². The monoisotopic (exact) mass is 277 g/mol. The summed E-state index contributed by atoms with van der Waals surface area (Å²) in [5.41, 5.74) is 13.3. The van der Waals surface area contributed by atoms with Crippen molar-refractivity contribution in [1.29, 1.82) is 0 Å². The van der Waals surface area contributed by atoms with Gasteiger partial charge in [-0.2, -0.15) is 0 Å². The van der Waals surface area contributed by atoms with Crippen molar-refractivity contribution < 1.29 is 9.53 Å². The number of nitrogens with zero attached hydrogens (tertiary/aromatic N) is 1. The van der Waals surface area contributed by atoms with E-state index in [9.17, 15) is 4.79 Å². The molecule has 1 aromatic rings. The third-order valence-corrected chi connectivity index (χ3v) is 3.90. The highest BCUT2D eigenvalue weighted by molar-refractivity contribution is 5.79. The predicted octanol–water partition coefficient (Wildman–Crippen LogP) is 0.994. The van der Waals surface area contributed by atoms with E-state index in [2.05, 4.69) is 4.90 Å². The normalized spacial score (nSPS) is 19.8. The van der Waals surface area contributed by atoms with Crippen LogP contribution < -0.4 is 16.2 Å². The number of ether oxygens (including phenoxy) is 1. The Morgan fingerprint density at radius 3 is 2.90 bits per heavy atom. The molecule has 1 aliphatic rings. The van der Waals surface area contributed by atoms with Gasteiger partial charge in [-0.3, -0.25) is 9.69 Å². The minimum Gasteiger partial charge on any atom is -0.496 e. The number of likely N-dealkylation sites (tertiary alicyclic amines) is 1. The molecule has 4 N–H and O–H groups in total. The van der Waals surface area contributed by atoms with Crippen molar-refractivity contribution in [3.63, 3.8) is 0 Å². The Balaban J connectivity index is 2.13. The number of piperidine rings is 1. The molecular formula is C15H23N3O2. The van der Waals surface area contributed by atoms with E-state index in [0.29, 0.717) is 6.54 Å². The number of amides is 1. The molecular weight excluding hydrogens is 254 g/mol. The van der Waals surface area contributed by atoms with Gasteiger partial charge in [0.05, 0.1) is 13.2 Å². The Morgan fingerprint density at radius 1 is 1.45 bits per heavy atom. The average molecular weight is 277 g/mol. The fraction of sp³-hybridized carbons (Fsp3) is 0.533. The zero-order valence-electron chi connectivity index (χ0n) is 12.0. The lowest BCUT2D eigenvalue weighted by atomic mass is 10.0. The van der Waals surface area contributed by atoms with Gasteiger partial charge < -0.3 is 16.2 Å². The lowest BCUT2D eigenvalue weighted by molar-refractivity contribution is -0.124. The lowest BCUT2D eigenvalue weighted by Crippen LogP contribution is -2.47. The van der Waals surface area contributed by atoms with Gasteiger partial charge in [0.15, 0.2) is 0 Å². The number of benzene rings is 1. The molecule has 1 saturated heterocycles. The van der Waals surface area contributed by atoms with Crippen molar-refractivity contribution in [2.24, 2.45) is 11.5 Å². The molecule has 1 unspecified atom stereocenters. The largest absolute Gasteiger partial charge is 0.496 e. The number of hydrogen-bond acceptors (Lipinski definition) is 4. The van der Waals surface area contributed by atoms with Gasteiger partial charge >= 0.3 is 0 Å². The van der Waals surface area contributed by atoms with Gasteiger partial charge in [-0.1, -0.05) is 18.6 Å². The maximum Gasteiger partial charge on any atom is 0.234 e. The van der Waals surface area contributed by atoms with Crippen molar-refractivity contribution in [2.75, 3.05) is 13.7 Å². The van der Waals surface area contributed by atoms with E-state index in [1.807, 2.05) is 18.2 Å². The second-order valence-corrected chi connectivity index (χ2v) is 5.23.